The van der Waals surface area contributed by atoms with Gasteiger partial charge < -0.3 is 4.74 Å². The highest BCUT2D eigenvalue weighted by atomic mass is 79.9. The van der Waals surface area contributed by atoms with E-state index in [1.54, 1.807) is 12.1 Å². The minimum absolute atomic E-state index is 0.0177. The highest BCUT2D eigenvalue weighted by molar-refractivity contribution is 9.10. The molecule has 23 heavy (non-hydrogen) atoms. The highest BCUT2D eigenvalue weighted by Gasteiger charge is 2.24. The third-order valence-corrected chi connectivity index (χ3v) is 4.76. The Kier molecular flexibility index (Phi) is 5.76. The molecule has 0 bridgehead atoms. The summed E-state index contributed by atoms with van der Waals surface area (Å²) in [5.41, 5.74) is 1.41. The summed E-state index contributed by atoms with van der Waals surface area (Å²) in [6.07, 6.45) is 2.52. The number of rotatable bonds is 2. The fraction of sp³-hybridized carbons (Fsp3) is 0.294. The van der Waals surface area contributed by atoms with E-state index >= 15 is 0 Å². The maximum absolute atomic E-state index is 14.3. The first-order chi connectivity index (χ1) is 10.8. The molecule has 0 fully saturated rings. The van der Waals surface area contributed by atoms with Crippen LogP contribution in [0.3, 0.4) is 0 Å². The van der Waals surface area contributed by atoms with Gasteiger partial charge in [-0.05, 0) is 42.5 Å². The summed E-state index contributed by atoms with van der Waals surface area (Å²) in [5.74, 6) is -0.923. The molecular weight excluding hydrogens is 385 g/mol. The summed E-state index contributed by atoms with van der Waals surface area (Å²) in [7, 11) is 1.28. The van der Waals surface area contributed by atoms with Crippen LogP contribution >= 0.6 is 27.5 Å². The average Bonchev–Trinajstić information content (AvgIpc) is 2.51. The van der Waals surface area contributed by atoms with Crippen molar-refractivity contribution in [2.45, 2.75) is 19.8 Å². The van der Waals surface area contributed by atoms with E-state index in [1.165, 1.54) is 19.3 Å². The van der Waals surface area contributed by atoms with E-state index in [4.69, 9.17) is 21.7 Å². The van der Waals surface area contributed by atoms with Gasteiger partial charge in [-0.15, -0.1) is 0 Å². The molecule has 0 aromatic heterocycles. The van der Waals surface area contributed by atoms with Crippen molar-refractivity contribution in [3.63, 3.8) is 0 Å². The lowest BCUT2D eigenvalue weighted by Crippen LogP contribution is -2.15. The largest absolute Gasteiger partial charge is 0.466 e. The second-order valence-electron chi connectivity index (χ2n) is 5.36. The Labute approximate surface area is 147 Å². The summed E-state index contributed by atoms with van der Waals surface area (Å²) in [6, 6.07) is 4.82. The van der Waals surface area contributed by atoms with Gasteiger partial charge in [0.15, 0.2) is 0 Å². The summed E-state index contributed by atoms with van der Waals surface area (Å²) in [5, 5.41) is 8.16. The molecule has 0 amide bonds. The van der Waals surface area contributed by atoms with Crippen LogP contribution in [-0.4, -0.2) is 18.8 Å². The van der Waals surface area contributed by atoms with Crippen LogP contribution in [0.1, 0.15) is 25.3 Å². The van der Waals surface area contributed by atoms with Crippen LogP contribution in [0.25, 0.3) is 5.57 Å². The lowest BCUT2D eigenvalue weighted by Gasteiger charge is -2.21. The Hall–Kier alpha value is -1.46. The van der Waals surface area contributed by atoms with E-state index in [1.807, 2.05) is 6.92 Å². The van der Waals surface area contributed by atoms with Gasteiger partial charge in [-0.2, -0.15) is 0 Å². The fourth-order valence-electron chi connectivity index (χ4n) is 2.53. The zero-order valence-electron chi connectivity index (χ0n) is 12.8. The molecule has 3 nitrogen and oxygen atoms in total. The molecule has 1 aromatic carbocycles. The van der Waals surface area contributed by atoms with E-state index in [0.29, 0.717) is 28.5 Å². The maximum atomic E-state index is 14.3. The Bertz CT molecular complexity index is 727. The second-order valence-corrected chi connectivity index (χ2v) is 6.66. The standard InChI is InChI=1S/C17H16BrClFNO2/c1-9-3-5-12(17(22)23-2)16(19)15(21)8-13(9)11-6-4-10(18)7-14(11)20/h4,6-9,21H,3,5H2,1-2H3/b13-8+,16-12?,21-15?. The van der Waals surface area contributed by atoms with Crippen molar-refractivity contribution < 1.29 is 13.9 Å². The van der Waals surface area contributed by atoms with Crippen LogP contribution in [0.4, 0.5) is 4.39 Å². The first-order valence-electron chi connectivity index (χ1n) is 7.08. The predicted molar refractivity (Wildman–Crippen MR) is 93.1 cm³/mol. The molecule has 0 saturated carbocycles. The molecule has 1 aliphatic rings. The van der Waals surface area contributed by atoms with Gasteiger partial charge in [-0.3, -0.25) is 5.41 Å². The first kappa shape index (κ1) is 17.9. The summed E-state index contributed by atoms with van der Waals surface area (Å²) < 4.78 is 19.6. The molecule has 1 atom stereocenters. The summed E-state index contributed by atoms with van der Waals surface area (Å²) in [6.45, 7) is 1.94. The van der Waals surface area contributed by atoms with Gasteiger partial charge in [0.1, 0.15) is 5.82 Å². The molecule has 122 valence electrons. The van der Waals surface area contributed by atoms with Gasteiger partial charge in [0, 0.05) is 10.0 Å². The molecule has 0 spiro atoms. The van der Waals surface area contributed by atoms with Gasteiger partial charge in [-0.1, -0.05) is 40.5 Å². The van der Waals surface area contributed by atoms with Crippen molar-refractivity contribution in [2.75, 3.05) is 7.11 Å². The second kappa shape index (κ2) is 7.41. The zero-order chi connectivity index (χ0) is 17.1. The molecule has 0 heterocycles. The molecule has 1 unspecified atom stereocenters. The first-order valence-corrected chi connectivity index (χ1v) is 8.25. The quantitative estimate of drug-likeness (QED) is 0.703. The number of carbonyl (C=O) groups excluding carboxylic acids is 1. The number of allylic oxidation sites excluding steroid dienone is 3. The van der Waals surface area contributed by atoms with Crippen LogP contribution in [-0.2, 0) is 9.53 Å². The number of ether oxygens (including phenoxy) is 1. The van der Waals surface area contributed by atoms with Gasteiger partial charge in [0.25, 0.3) is 0 Å². The third kappa shape index (κ3) is 3.90. The van der Waals surface area contributed by atoms with Crippen LogP contribution in [0, 0.1) is 17.1 Å². The highest BCUT2D eigenvalue weighted by Crippen LogP contribution is 2.34. The van der Waals surface area contributed by atoms with E-state index in [0.717, 1.165) is 0 Å². The normalized spacial score (nSPS) is 21.3. The monoisotopic (exact) mass is 399 g/mol. The maximum Gasteiger partial charge on any atom is 0.335 e. The van der Waals surface area contributed by atoms with Gasteiger partial charge in [0.05, 0.1) is 23.4 Å². The number of carbonyl (C=O) groups is 1. The number of esters is 1. The molecule has 0 aliphatic heterocycles. The average molecular weight is 401 g/mol. The van der Waals surface area contributed by atoms with E-state index in [9.17, 15) is 9.18 Å². The van der Waals surface area contributed by atoms with Crippen LogP contribution in [0.5, 0.6) is 0 Å². The minimum atomic E-state index is -0.529. The number of hydrogen-bond acceptors (Lipinski definition) is 3. The molecule has 1 aliphatic carbocycles. The molecule has 0 radical (unpaired) electrons. The SMILES string of the molecule is COC(=O)C1=C(Cl)C(=N)/C=C(/c2ccc(Br)cc2F)C(C)CC1. The van der Waals surface area contributed by atoms with Crippen molar-refractivity contribution in [3.05, 3.63) is 50.7 Å². The molecular formula is C17H16BrClFNO2. The third-order valence-electron chi connectivity index (χ3n) is 3.83. The van der Waals surface area contributed by atoms with Gasteiger partial charge in [0.2, 0.25) is 0 Å². The molecule has 2 rings (SSSR count). The van der Waals surface area contributed by atoms with Crippen molar-refractivity contribution in [2.24, 2.45) is 5.92 Å². The number of nitrogens with one attached hydrogen (secondary N) is 1. The topological polar surface area (TPSA) is 50.2 Å². The van der Waals surface area contributed by atoms with Gasteiger partial charge >= 0.3 is 5.97 Å². The number of halogens is 3. The van der Waals surface area contributed by atoms with E-state index in [2.05, 4.69) is 15.9 Å². The number of benzene rings is 1. The van der Waals surface area contributed by atoms with Crippen molar-refractivity contribution in [3.8, 4) is 0 Å². The number of hydrogen-bond donors (Lipinski definition) is 1. The Morgan fingerprint density at radius 2 is 2.17 bits per heavy atom. The lowest BCUT2D eigenvalue weighted by atomic mass is 9.85. The molecule has 1 aromatic rings. The van der Waals surface area contributed by atoms with Crippen LogP contribution in [0.15, 0.2) is 39.4 Å². The Morgan fingerprint density at radius 1 is 1.48 bits per heavy atom. The summed E-state index contributed by atoms with van der Waals surface area (Å²) in [4.78, 5) is 11.8. The van der Waals surface area contributed by atoms with Crippen molar-refractivity contribution in [1.82, 2.24) is 0 Å². The molecule has 6 heteroatoms. The number of methoxy groups -OCH3 is 1. The predicted octanol–water partition coefficient (Wildman–Crippen LogP) is 5.09. The van der Waals surface area contributed by atoms with E-state index < -0.39 is 5.97 Å². The fourth-order valence-corrected chi connectivity index (χ4v) is 3.09. The zero-order valence-corrected chi connectivity index (χ0v) is 15.1. The molecule has 0 saturated heterocycles. The Morgan fingerprint density at radius 3 is 2.78 bits per heavy atom. The van der Waals surface area contributed by atoms with Gasteiger partial charge in [-0.25, -0.2) is 9.18 Å². The smallest absolute Gasteiger partial charge is 0.335 e. The van der Waals surface area contributed by atoms with Crippen molar-refractivity contribution >= 4 is 44.8 Å². The van der Waals surface area contributed by atoms with Crippen LogP contribution in [0.2, 0.25) is 0 Å². The molecule has 1 N–H and O–H groups in total. The van der Waals surface area contributed by atoms with Crippen molar-refractivity contribution in [1.29, 1.82) is 5.41 Å². The minimum Gasteiger partial charge on any atom is -0.466 e. The Balaban J connectivity index is 2.51. The lowest BCUT2D eigenvalue weighted by molar-refractivity contribution is -0.136. The van der Waals surface area contributed by atoms with E-state index in [-0.39, 0.29) is 28.1 Å². The summed E-state index contributed by atoms with van der Waals surface area (Å²) >= 11 is 9.39. The van der Waals surface area contributed by atoms with Crippen LogP contribution < -0.4 is 0 Å².